The molecule has 0 aromatic heterocycles. The number of likely N-dealkylation sites (tertiary alicyclic amines) is 1. The molecule has 2 heteroatoms. The molecule has 0 saturated carbocycles. The second-order valence-corrected chi connectivity index (χ2v) is 6.09. The summed E-state index contributed by atoms with van der Waals surface area (Å²) in [5.74, 6) is 0.372. The molecular formula is C15H23NO. The Labute approximate surface area is 104 Å². The highest BCUT2D eigenvalue weighted by Crippen LogP contribution is 2.27. The van der Waals surface area contributed by atoms with Crippen molar-refractivity contribution in [1.82, 2.24) is 4.90 Å². The summed E-state index contributed by atoms with van der Waals surface area (Å²) in [6.45, 7) is 8.44. The number of benzene rings is 1. The van der Waals surface area contributed by atoms with Gasteiger partial charge >= 0.3 is 0 Å². The molecule has 1 aromatic carbocycles. The smallest absolute Gasteiger partial charge is 0.0710 e. The van der Waals surface area contributed by atoms with E-state index in [1.165, 1.54) is 5.56 Å². The molecule has 0 spiro atoms. The summed E-state index contributed by atoms with van der Waals surface area (Å²) in [5, 5.41) is 10.1. The minimum atomic E-state index is -0.186. The Morgan fingerprint density at radius 3 is 2.35 bits per heavy atom. The van der Waals surface area contributed by atoms with E-state index >= 15 is 0 Å². The fourth-order valence-corrected chi connectivity index (χ4v) is 2.52. The first-order chi connectivity index (χ1) is 7.97. The maximum Gasteiger partial charge on any atom is 0.0710 e. The van der Waals surface area contributed by atoms with E-state index in [-0.39, 0.29) is 11.6 Å². The first kappa shape index (κ1) is 12.6. The number of nitrogens with zero attached hydrogens (tertiary/aromatic N) is 1. The van der Waals surface area contributed by atoms with Crippen LogP contribution >= 0.6 is 0 Å². The molecule has 1 aromatic rings. The highest BCUT2D eigenvalue weighted by Gasteiger charge is 2.36. The van der Waals surface area contributed by atoms with Gasteiger partial charge in [-0.25, -0.2) is 0 Å². The summed E-state index contributed by atoms with van der Waals surface area (Å²) >= 11 is 0. The van der Waals surface area contributed by atoms with Crippen molar-refractivity contribution in [2.45, 2.75) is 38.8 Å². The van der Waals surface area contributed by atoms with Crippen LogP contribution in [0.4, 0.5) is 0 Å². The Morgan fingerprint density at radius 1 is 1.18 bits per heavy atom. The molecule has 2 atom stereocenters. The number of rotatable bonds is 2. The monoisotopic (exact) mass is 233 g/mol. The molecule has 2 rings (SSSR count). The van der Waals surface area contributed by atoms with Gasteiger partial charge in [0.2, 0.25) is 0 Å². The van der Waals surface area contributed by atoms with Gasteiger partial charge in [0.15, 0.2) is 0 Å². The molecule has 1 aliphatic rings. The third-order valence-corrected chi connectivity index (χ3v) is 3.70. The van der Waals surface area contributed by atoms with Crippen molar-refractivity contribution in [2.24, 2.45) is 5.92 Å². The first-order valence-corrected chi connectivity index (χ1v) is 6.44. The Kier molecular flexibility index (Phi) is 3.55. The van der Waals surface area contributed by atoms with Gasteiger partial charge in [0, 0.05) is 24.5 Å². The number of aliphatic hydroxyl groups is 1. The molecule has 0 radical (unpaired) electrons. The van der Waals surface area contributed by atoms with Crippen LogP contribution in [0.3, 0.4) is 0 Å². The third kappa shape index (κ3) is 3.08. The van der Waals surface area contributed by atoms with E-state index in [1.807, 2.05) is 6.07 Å². The average Bonchev–Trinajstić information content (AvgIpc) is 2.62. The van der Waals surface area contributed by atoms with E-state index in [9.17, 15) is 5.11 Å². The normalized spacial score (nSPS) is 26.4. The lowest BCUT2D eigenvalue weighted by molar-refractivity contribution is 0.121. The SMILES string of the molecule is CC(C)(C)N1CC(O)C(Cc2ccccc2)C1. The van der Waals surface area contributed by atoms with Crippen molar-refractivity contribution in [1.29, 1.82) is 0 Å². The summed E-state index contributed by atoms with van der Waals surface area (Å²) in [5.41, 5.74) is 1.49. The molecule has 17 heavy (non-hydrogen) atoms. The van der Waals surface area contributed by atoms with Gasteiger partial charge in [-0.15, -0.1) is 0 Å². The molecule has 1 N–H and O–H groups in total. The van der Waals surface area contributed by atoms with Crippen molar-refractivity contribution in [3.05, 3.63) is 35.9 Å². The molecule has 0 aliphatic carbocycles. The molecule has 0 bridgehead atoms. The van der Waals surface area contributed by atoms with Gasteiger partial charge in [0.25, 0.3) is 0 Å². The van der Waals surface area contributed by atoms with Crippen LogP contribution in [0.25, 0.3) is 0 Å². The lowest BCUT2D eigenvalue weighted by atomic mass is 9.96. The van der Waals surface area contributed by atoms with Crippen LogP contribution in [-0.2, 0) is 6.42 Å². The lowest BCUT2D eigenvalue weighted by Gasteiger charge is -2.31. The van der Waals surface area contributed by atoms with Crippen LogP contribution < -0.4 is 0 Å². The van der Waals surface area contributed by atoms with Crippen LogP contribution in [0.1, 0.15) is 26.3 Å². The van der Waals surface area contributed by atoms with Crippen molar-refractivity contribution in [3.8, 4) is 0 Å². The van der Waals surface area contributed by atoms with Crippen molar-refractivity contribution >= 4 is 0 Å². The Morgan fingerprint density at radius 2 is 1.82 bits per heavy atom. The molecule has 94 valence electrons. The highest BCUT2D eigenvalue weighted by molar-refractivity contribution is 5.16. The van der Waals surface area contributed by atoms with Crippen molar-refractivity contribution in [3.63, 3.8) is 0 Å². The number of β-amino-alcohol motifs (C(OH)–C–C–N with tert-alkyl or cyclic N) is 1. The number of aliphatic hydroxyl groups excluding tert-OH is 1. The summed E-state index contributed by atoms with van der Waals surface area (Å²) in [4.78, 5) is 2.38. The second kappa shape index (κ2) is 4.79. The zero-order valence-corrected chi connectivity index (χ0v) is 11.1. The van der Waals surface area contributed by atoms with Gasteiger partial charge < -0.3 is 5.11 Å². The van der Waals surface area contributed by atoms with E-state index < -0.39 is 0 Å². The second-order valence-electron chi connectivity index (χ2n) is 6.09. The van der Waals surface area contributed by atoms with Gasteiger partial charge in [-0.3, -0.25) is 4.90 Å². The predicted molar refractivity (Wildman–Crippen MR) is 71.0 cm³/mol. The van der Waals surface area contributed by atoms with E-state index in [4.69, 9.17) is 0 Å². The molecule has 1 aliphatic heterocycles. The zero-order valence-electron chi connectivity index (χ0n) is 11.1. The molecule has 1 heterocycles. The largest absolute Gasteiger partial charge is 0.391 e. The van der Waals surface area contributed by atoms with E-state index in [0.717, 1.165) is 19.5 Å². The number of hydrogen-bond acceptors (Lipinski definition) is 2. The van der Waals surface area contributed by atoms with Gasteiger partial charge in [-0.1, -0.05) is 30.3 Å². The van der Waals surface area contributed by atoms with Crippen LogP contribution in [0, 0.1) is 5.92 Å². The Hall–Kier alpha value is -0.860. The maximum atomic E-state index is 10.1. The first-order valence-electron chi connectivity index (χ1n) is 6.44. The van der Waals surface area contributed by atoms with E-state index in [0.29, 0.717) is 5.92 Å². The van der Waals surface area contributed by atoms with Gasteiger partial charge in [-0.2, -0.15) is 0 Å². The molecule has 1 saturated heterocycles. The molecule has 0 amide bonds. The minimum absolute atomic E-state index is 0.159. The van der Waals surface area contributed by atoms with Gasteiger partial charge in [0.05, 0.1) is 6.10 Å². The molecule has 2 nitrogen and oxygen atoms in total. The lowest BCUT2D eigenvalue weighted by Crippen LogP contribution is -2.40. The van der Waals surface area contributed by atoms with Crippen LogP contribution in [0.5, 0.6) is 0 Å². The summed E-state index contributed by atoms with van der Waals surface area (Å²) in [7, 11) is 0. The average molecular weight is 233 g/mol. The molecule has 2 unspecified atom stereocenters. The molecule has 1 fully saturated rings. The van der Waals surface area contributed by atoms with Crippen LogP contribution in [0.2, 0.25) is 0 Å². The zero-order chi connectivity index (χ0) is 12.5. The van der Waals surface area contributed by atoms with Crippen LogP contribution in [0.15, 0.2) is 30.3 Å². The fourth-order valence-electron chi connectivity index (χ4n) is 2.52. The predicted octanol–water partition coefficient (Wildman–Crippen LogP) is 2.32. The van der Waals surface area contributed by atoms with Crippen molar-refractivity contribution in [2.75, 3.05) is 13.1 Å². The van der Waals surface area contributed by atoms with E-state index in [2.05, 4.69) is 49.9 Å². The fraction of sp³-hybridized carbons (Fsp3) is 0.600. The standard InChI is InChI=1S/C15H23NO/c1-15(2,3)16-10-13(14(17)11-16)9-12-7-5-4-6-8-12/h4-8,13-14,17H,9-11H2,1-3H3. The third-order valence-electron chi connectivity index (χ3n) is 3.70. The van der Waals surface area contributed by atoms with Gasteiger partial charge in [-0.05, 0) is 32.8 Å². The minimum Gasteiger partial charge on any atom is -0.391 e. The summed E-state index contributed by atoms with van der Waals surface area (Å²) in [6, 6.07) is 10.5. The molecular weight excluding hydrogens is 210 g/mol. The number of hydrogen-bond donors (Lipinski definition) is 1. The van der Waals surface area contributed by atoms with Crippen molar-refractivity contribution < 1.29 is 5.11 Å². The Bertz CT molecular complexity index is 355. The quantitative estimate of drug-likeness (QED) is 0.847. The highest BCUT2D eigenvalue weighted by atomic mass is 16.3. The topological polar surface area (TPSA) is 23.5 Å². The Balaban J connectivity index is 2.00. The summed E-state index contributed by atoms with van der Waals surface area (Å²) < 4.78 is 0. The maximum absolute atomic E-state index is 10.1. The van der Waals surface area contributed by atoms with E-state index in [1.54, 1.807) is 0 Å². The summed E-state index contributed by atoms with van der Waals surface area (Å²) in [6.07, 6.45) is 0.795. The van der Waals surface area contributed by atoms with Gasteiger partial charge in [0.1, 0.15) is 0 Å². The van der Waals surface area contributed by atoms with Crippen LogP contribution in [-0.4, -0.2) is 34.7 Å².